The summed E-state index contributed by atoms with van der Waals surface area (Å²) in [6, 6.07) is 8.35. The van der Waals surface area contributed by atoms with Gasteiger partial charge in [-0.25, -0.2) is 8.78 Å². The van der Waals surface area contributed by atoms with Gasteiger partial charge < -0.3 is 0 Å². The summed E-state index contributed by atoms with van der Waals surface area (Å²) in [5, 5.41) is 0. The van der Waals surface area contributed by atoms with Crippen molar-refractivity contribution in [2.24, 2.45) is 10.9 Å². The maximum atomic E-state index is 13.3. The van der Waals surface area contributed by atoms with E-state index in [0.717, 1.165) is 16.6 Å². The Morgan fingerprint density at radius 3 is 2.48 bits per heavy atom. The van der Waals surface area contributed by atoms with Gasteiger partial charge in [0.1, 0.15) is 0 Å². The van der Waals surface area contributed by atoms with Crippen LogP contribution in [0.25, 0.3) is 0 Å². The molecule has 128 valence electrons. The average molecular weight is 386 g/mol. The van der Waals surface area contributed by atoms with Gasteiger partial charge in [-0.3, -0.25) is 4.99 Å². The fraction of sp³-hybridized carbons (Fsp3) is 0.632. The molecule has 0 aliphatic heterocycles. The van der Waals surface area contributed by atoms with E-state index in [9.17, 15) is 8.78 Å². The number of alkyl halides is 2. The lowest BCUT2D eigenvalue weighted by Gasteiger charge is -2.31. The Bertz CT molecular complexity index is 546. The van der Waals surface area contributed by atoms with E-state index in [1.165, 1.54) is 5.56 Å². The Morgan fingerprint density at radius 2 is 1.91 bits per heavy atom. The molecule has 1 fully saturated rings. The normalized spacial score (nSPS) is 21.9. The van der Waals surface area contributed by atoms with Crippen LogP contribution in [-0.4, -0.2) is 17.7 Å². The molecule has 4 heteroatoms. The summed E-state index contributed by atoms with van der Waals surface area (Å²) in [7, 11) is 0. The van der Waals surface area contributed by atoms with Crippen LogP contribution >= 0.6 is 15.9 Å². The highest BCUT2D eigenvalue weighted by molar-refractivity contribution is 9.10. The SMILES string of the molecule is CCC(C(C)=NC(C)C1CCC(F)(F)CC1)c1ccccc1Br. The smallest absolute Gasteiger partial charge is 0.248 e. The van der Waals surface area contributed by atoms with Crippen LogP contribution in [0.5, 0.6) is 0 Å². The Labute approximate surface area is 146 Å². The van der Waals surface area contributed by atoms with Gasteiger partial charge in [-0.15, -0.1) is 0 Å². The highest BCUT2D eigenvalue weighted by Gasteiger charge is 2.36. The van der Waals surface area contributed by atoms with Crippen LogP contribution in [0.15, 0.2) is 33.7 Å². The van der Waals surface area contributed by atoms with Crippen molar-refractivity contribution in [1.29, 1.82) is 0 Å². The number of aliphatic imine (C=N–C) groups is 1. The lowest BCUT2D eigenvalue weighted by molar-refractivity contribution is -0.0475. The summed E-state index contributed by atoms with van der Waals surface area (Å²) in [5.74, 6) is -1.91. The second kappa shape index (κ2) is 7.87. The van der Waals surface area contributed by atoms with E-state index in [1.54, 1.807) is 0 Å². The molecule has 0 heterocycles. The average Bonchev–Trinajstić information content (AvgIpc) is 2.49. The van der Waals surface area contributed by atoms with E-state index in [0.29, 0.717) is 12.8 Å². The number of rotatable bonds is 5. The molecule has 0 amide bonds. The van der Waals surface area contributed by atoms with Crippen molar-refractivity contribution in [1.82, 2.24) is 0 Å². The van der Waals surface area contributed by atoms with Crippen molar-refractivity contribution >= 4 is 21.6 Å². The molecule has 1 aromatic carbocycles. The zero-order chi connectivity index (χ0) is 17.0. The van der Waals surface area contributed by atoms with Crippen LogP contribution in [-0.2, 0) is 0 Å². The molecule has 2 unspecified atom stereocenters. The van der Waals surface area contributed by atoms with Gasteiger partial charge in [0.15, 0.2) is 0 Å². The number of nitrogens with zero attached hydrogens (tertiary/aromatic N) is 1. The van der Waals surface area contributed by atoms with Crippen LogP contribution in [0.2, 0.25) is 0 Å². The fourth-order valence-corrected chi connectivity index (χ4v) is 4.12. The molecule has 23 heavy (non-hydrogen) atoms. The molecule has 1 saturated carbocycles. The zero-order valence-electron chi connectivity index (χ0n) is 14.2. The maximum Gasteiger partial charge on any atom is 0.248 e. The number of halogens is 3. The molecule has 1 nitrogen and oxygen atoms in total. The molecule has 0 saturated heterocycles. The van der Waals surface area contributed by atoms with Crippen LogP contribution in [0.4, 0.5) is 8.78 Å². The summed E-state index contributed by atoms with van der Waals surface area (Å²) in [5.41, 5.74) is 2.35. The van der Waals surface area contributed by atoms with Crippen LogP contribution in [0, 0.1) is 5.92 Å². The Hall–Kier alpha value is -0.770. The largest absolute Gasteiger partial charge is 0.290 e. The second-order valence-electron chi connectivity index (χ2n) is 6.69. The van der Waals surface area contributed by atoms with Gasteiger partial charge in [-0.05, 0) is 50.7 Å². The lowest BCUT2D eigenvalue weighted by atomic mass is 9.82. The van der Waals surface area contributed by atoms with E-state index in [1.807, 2.05) is 12.1 Å². The van der Waals surface area contributed by atoms with Gasteiger partial charge in [0, 0.05) is 35.0 Å². The summed E-state index contributed by atoms with van der Waals surface area (Å²) in [6.45, 7) is 6.31. The molecule has 0 aromatic heterocycles. The molecule has 2 rings (SSSR count). The highest BCUT2D eigenvalue weighted by Crippen LogP contribution is 2.38. The third kappa shape index (κ3) is 4.85. The molecule has 0 bridgehead atoms. The zero-order valence-corrected chi connectivity index (χ0v) is 15.7. The third-order valence-corrected chi connectivity index (χ3v) is 5.77. The van der Waals surface area contributed by atoms with Gasteiger partial charge in [-0.2, -0.15) is 0 Å². The molecule has 0 N–H and O–H groups in total. The lowest BCUT2D eigenvalue weighted by Crippen LogP contribution is -2.29. The first-order valence-corrected chi connectivity index (χ1v) is 9.30. The topological polar surface area (TPSA) is 12.4 Å². The quantitative estimate of drug-likeness (QED) is 0.505. The first kappa shape index (κ1) is 18.6. The summed E-state index contributed by atoms with van der Waals surface area (Å²) < 4.78 is 27.7. The monoisotopic (exact) mass is 385 g/mol. The van der Waals surface area contributed by atoms with Crippen molar-refractivity contribution in [3.63, 3.8) is 0 Å². The number of hydrogen-bond acceptors (Lipinski definition) is 1. The molecule has 1 aliphatic rings. The van der Waals surface area contributed by atoms with Crippen molar-refractivity contribution in [2.75, 3.05) is 0 Å². The van der Waals surface area contributed by atoms with Crippen molar-refractivity contribution in [3.05, 3.63) is 34.3 Å². The van der Waals surface area contributed by atoms with E-state index in [-0.39, 0.29) is 30.7 Å². The predicted molar refractivity (Wildman–Crippen MR) is 96.7 cm³/mol. The van der Waals surface area contributed by atoms with Gasteiger partial charge in [0.25, 0.3) is 0 Å². The minimum absolute atomic E-state index is 0.0119. The first-order valence-electron chi connectivity index (χ1n) is 8.50. The van der Waals surface area contributed by atoms with Crippen LogP contribution in [0.1, 0.15) is 64.4 Å². The summed E-state index contributed by atoms with van der Waals surface area (Å²) in [4.78, 5) is 4.89. The first-order chi connectivity index (χ1) is 10.8. The molecule has 0 radical (unpaired) electrons. The highest BCUT2D eigenvalue weighted by atomic mass is 79.9. The van der Waals surface area contributed by atoms with Crippen LogP contribution in [0.3, 0.4) is 0 Å². The minimum Gasteiger partial charge on any atom is -0.290 e. The Balaban J connectivity index is 2.09. The van der Waals surface area contributed by atoms with E-state index in [4.69, 9.17) is 4.99 Å². The second-order valence-corrected chi connectivity index (χ2v) is 7.54. The van der Waals surface area contributed by atoms with Gasteiger partial charge in [-0.1, -0.05) is 41.1 Å². The van der Waals surface area contributed by atoms with Gasteiger partial charge in [0.2, 0.25) is 5.92 Å². The molecular weight excluding hydrogens is 360 g/mol. The molecule has 2 atom stereocenters. The summed E-state index contributed by atoms with van der Waals surface area (Å²) >= 11 is 3.62. The summed E-state index contributed by atoms with van der Waals surface area (Å²) in [6.07, 6.45) is 2.16. The van der Waals surface area contributed by atoms with E-state index >= 15 is 0 Å². The van der Waals surface area contributed by atoms with Gasteiger partial charge in [0.05, 0.1) is 0 Å². The maximum absolute atomic E-state index is 13.3. The Morgan fingerprint density at radius 1 is 1.30 bits per heavy atom. The molecule has 0 spiro atoms. The Kier molecular flexibility index (Phi) is 6.35. The minimum atomic E-state index is -2.46. The van der Waals surface area contributed by atoms with Crippen molar-refractivity contribution < 1.29 is 8.78 Å². The van der Waals surface area contributed by atoms with E-state index < -0.39 is 5.92 Å². The van der Waals surface area contributed by atoms with Gasteiger partial charge >= 0.3 is 0 Å². The molecular formula is C19H26BrF2N. The van der Waals surface area contributed by atoms with Crippen molar-refractivity contribution in [3.8, 4) is 0 Å². The fourth-order valence-electron chi connectivity index (χ4n) is 3.56. The molecule has 1 aromatic rings. The number of hydrogen-bond donors (Lipinski definition) is 0. The van der Waals surface area contributed by atoms with Crippen molar-refractivity contribution in [2.45, 2.75) is 70.8 Å². The predicted octanol–water partition coefficient (Wildman–Crippen LogP) is 6.62. The molecule has 1 aliphatic carbocycles. The van der Waals surface area contributed by atoms with E-state index in [2.05, 4.69) is 48.8 Å². The standard InChI is InChI=1S/C19H26BrF2N/c1-4-16(17-7-5-6-8-18(17)20)14(3)23-13(2)15-9-11-19(21,22)12-10-15/h5-8,13,15-16H,4,9-12H2,1-3H3. The number of benzene rings is 1. The van der Waals surface area contributed by atoms with Crippen LogP contribution < -0.4 is 0 Å². The third-order valence-electron chi connectivity index (χ3n) is 5.04.